The van der Waals surface area contributed by atoms with E-state index in [0.29, 0.717) is 61.4 Å². The second kappa shape index (κ2) is 12.8. The van der Waals surface area contributed by atoms with Crippen LogP contribution in [0.3, 0.4) is 0 Å². The summed E-state index contributed by atoms with van der Waals surface area (Å²) in [6.07, 6.45) is 1.94. The average molecular weight is 602 g/mol. The number of benzene rings is 1. The van der Waals surface area contributed by atoms with Crippen molar-refractivity contribution in [3.63, 3.8) is 0 Å². The normalized spacial score (nSPS) is 21.2. The van der Waals surface area contributed by atoms with Crippen molar-refractivity contribution in [2.75, 3.05) is 13.1 Å². The van der Waals surface area contributed by atoms with Crippen LogP contribution in [0.2, 0.25) is 0 Å². The van der Waals surface area contributed by atoms with Gasteiger partial charge in [0.05, 0.1) is 22.5 Å². The van der Waals surface area contributed by atoms with Crippen LogP contribution >= 0.6 is 0 Å². The fraction of sp³-hybridized carbons (Fsp3) is 0.419. The number of aromatic nitrogens is 4. The predicted octanol–water partition coefficient (Wildman–Crippen LogP) is 6.77. The standard InChI is InChI=1S/C31H32F5N5O2/c1-18-27(30-40-39-29(43-30)21-7-3-4-9-22(10-5-8-21)31(34,35)36)28(38-19(2)37-18)20-13-15-41(16-14-20)26(42)17-23-24(32)11-6-12-25(23)33/h5-6,8-12,20,26,42H,3-4,7,13-17H2,1-2H3/b10-5-,21-8+,22-9+. The first-order valence-corrected chi connectivity index (χ1v) is 14.2. The van der Waals surface area contributed by atoms with Gasteiger partial charge >= 0.3 is 6.18 Å². The predicted molar refractivity (Wildman–Crippen MR) is 150 cm³/mol. The third kappa shape index (κ3) is 7.07. The number of halogens is 5. The highest BCUT2D eigenvalue weighted by Crippen LogP contribution is 2.37. The molecule has 3 aromatic rings. The van der Waals surface area contributed by atoms with Crippen molar-refractivity contribution in [2.45, 2.75) is 70.7 Å². The number of alkyl halides is 3. The molecule has 0 amide bonds. The quantitative estimate of drug-likeness (QED) is 0.312. The van der Waals surface area contributed by atoms with E-state index in [0.717, 1.165) is 11.8 Å². The first kappa shape index (κ1) is 30.7. The molecule has 1 unspecified atom stereocenters. The van der Waals surface area contributed by atoms with Crippen molar-refractivity contribution in [2.24, 2.45) is 0 Å². The number of rotatable bonds is 6. The van der Waals surface area contributed by atoms with Gasteiger partial charge in [-0.05, 0) is 58.1 Å². The molecule has 43 heavy (non-hydrogen) atoms. The third-order valence-electron chi connectivity index (χ3n) is 7.84. The molecule has 7 nitrogen and oxygen atoms in total. The topological polar surface area (TPSA) is 88.2 Å². The molecule has 0 saturated carbocycles. The maximum atomic E-state index is 14.1. The van der Waals surface area contributed by atoms with Crippen molar-refractivity contribution < 1.29 is 31.5 Å². The van der Waals surface area contributed by atoms with Gasteiger partial charge in [0.1, 0.15) is 23.7 Å². The Hall–Kier alpha value is -3.77. The summed E-state index contributed by atoms with van der Waals surface area (Å²) in [5, 5.41) is 19.2. The lowest BCUT2D eigenvalue weighted by atomic mass is 9.89. The Morgan fingerprint density at radius 2 is 1.74 bits per heavy atom. The molecule has 1 saturated heterocycles. The van der Waals surface area contributed by atoms with Gasteiger partial charge in [-0.15, -0.1) is 10.2 Å². The molecule has 2 aromatic heterocycles. The average Bonchev–Trinajstić information content (AvgIpc) is 3.47. The highest BCUT2D eigenvalue weighted by Gasteiger charge is 2.32. The molecule has 5 rings (SSSR count). The van der Waals surface area contributed by atoms with Crippen LogP contribution in [-0.2, 0) is 6.42 Å². The molecule has 1 aliphatic carbocycles. The van der Waals surface area contributed by atoms with Gasteiger partial charge in [-0.3, -0.25) is 4.90 Å². The van der Waals surface area contributed by atoms with E-state index in [9.17, 15) is 27.1 Å². The minimum atomic E-state index is -4.42. The third-order valence-corrected chi connectivity index (χ3v) is 7.84. The number of hydrogen-bond acceptors (Lipinski definition) is 7. The summed E-state index contributed by atoms with van der Waals surface area (Å²) in [5.74, 6) is -0.384. The van der Waals surface area contributed by atoms with Gasteiger partial charge in [0.2, 0.25) is 5.89 Å². The Morgan fingerprint density at radius 3 is 2.44 bits per heavy atom. The first-order valence-electron chi connectivity index (χ1n) is 14.2. The molecule has 0 bridgehead atoms. The van der Waals surface area contributed by atoms with Gasteiger partial charge in [-0.2, -0.15) is 13.2 Å². The Kier molecular flexibility index (Phi) is 9.16. The van der Waals surface area contributed by atoms with Gasteiger partial charge < -0.3 is 9.52 Å². The van der Waals surface area contributed by atoms with Crippen LogP contribution in [0, 0.1) is 25.5 Å². The van der Waals surface area contributed by atoms with E-state index in [4.69, 9.17) is 9.40 Å². The van der Waals surface area contributed by atoms with Gasteiger partial charge in [-0.1, -0.05) is 30.4 Å². The molecule has 1 aromatic carbocycles. The van der Waals surface area contributed by atoms with Crippen molar-refractivity contribution in [1.82, 2.24) is 25.1 Å². The smallest absolute Gasteiger partial charge is 0.416 e. The molecule has 1 fully saturated rings. The lowest BCUT2D eigenvalue weighted by Crippen LogP contribution is -2.42. The SMILES string of the molecule is Cc1nc(C)c(-c2nnc(/C3=C/C=C\C(C(F)(F)F)=C/CCC3)o2)c(C2CCN(C(O)Cc3c(F)cccc3F)CC2)n1. The summed E-state index contributed by atoms with van der Waals surface area (Å²) in [5.41, 5.74) is 1.79. The fourth-order valence-electron chi connectivity index (χ4n) is 5.62. The molecular formula is C31H32F5N5O2. The maximum Gasteiger partial charge on any atom is 0.416 e. The molecule has 0 radical (unpaired) electrons. The summed E-state index contributed by atoms with van der Waals surface area (Å²) in [4.78, 5) is 11.0. The number of aryl methyl sites for hydroxylation is 2. The number of piperidine rings is 1. The number of aliphatic hydroxyl groups is 1. The molecular weight excluding hydrogens is 569 g/mol. The molecule has 1 N–H and O–H groups in total. The number of aliphatic hydroxyl groups excluding tert-OH is 1. The van der Waals surface area contributed by atoms with E-state index in [1.807, 2.05) is 6.92 Å². The number of hydrogen-bond donors (Lipinski definition) is 1. The highest BCUT2D eigenvalue weighted by molar-refractivity contribution is 5.64. The van der Waals surface area contributed by atoms with Gasteiger partial charge in [0, 0.05) is 36.6 Å². The van der Waals surface area contributed by atoms with E-state index < -0.39 is 29.6 Å². The monoisotopic (exact) mass is 601 g/mol. The van der Waals surface area contributed by atoms with Crippen LogP contribution in [0.5, 0.6) is 0 Å². The Morgan fingerprint density at radius 1 is 1.05 bits per heavy atom. The maximum absolute atomic E-state index is 14.1. The van der Waals surface area contributed by atoms with E-state index >= 15 is 0 Å². The molecule has 1 atom stereocenters. The Labute approximate surface area is 245 Å². The molecule has 3 heterocycles. The number of likely N-dealkylation sites (tertiary alicyclic amines) is 1. The molecule has 12 heteroatoms. The molecule has 228 valence electrons. The van der Waals surface area contributed by atoms with Gasteiger partial charge in [0.15, 0.2) is 0 Å². The Balaban J connectivity index is 1.34. The summed E-state index contributed by atoms with van der Waals surface area (Å²) < 4.78 is 73.9. The van der Waals surface area contributed by atoms with Crippen molar-refractivity contribution in [3.8, 4) is 11.5 Å². The van der Waals surface area contributed by atoms with E-state index in [-0.39, 0.29) is 36.1 Å². The fourth-order valence-corrected chi connectivity index (χ4v) is 5.62. The molecule has 1 aliphatic heterocycles. The Bertz CT molecular complexity index is 1530. The zero-order chi connectivity index (χ0) is 30.7. The highest BCUT2D eigenvalue weighted by atomic mass is 19.4. The summed E-state index contributed by atoms with van der Waals surface area (Å²) >= 11 is 0. The van der Waals surface area contributed by atoms with Crippen LogP contribution in [-0.4, -0.2) is 55.7 Å². The zero-order valence-corrected chi connectivity index (χ0v) is 23.8. The lowest BCUT2D eigenvalue weighted by Gasteiger charge is -2.35. The van der Waals surface area contributed by atoms with Crippen LogP contribution in [0.25, 0.3) is 17.0 Å². The van der Waals surface area contributed by atoms with Gasteiger partial charge in [0.25, 0.3) is 5.89 Å². The number of nitrogens with zero attached hydrogens (tertiary/aromatic N) is 5. The summed E-state index contributed by atoms with van der Waals surface area (Å²) in [6, 6.07) is 3.64. The largest absolute Gasteiger partial charge is 0.416 e. The van der Waals surface area contributed by atoms with Crippen LogP contribution in [0.1, 0.15) is 66.7 Å². The molecule has 0 spiro atoms. The minimum Gasteiger partial charge on any atom is -0.416 e. The van der Waals surface area contributed by atoms with E-state index in [1.165, 1.54) is 30.4 Å². The van der Waals surface area contributed by atoms with Gasteiger partial charge in [-0.25, -0.2) is 18.7 Å². The van der Waals surface area contributed by atoms with Crippen LogP contribution in [0.4, 0.5) is 22.0 Å². The van der Waals surface area contributed by atoms with Crippen molar-refractivity contribution in [1.29, 1.82) is 0 Å². The summed E-state index contributed by atoms with van der Waals surface area (Å²) in [7, 11) is 0. The van der Waals surface area contributed by atoms with Crippen molar-refractivity contribution in [3.05, 3.63) is 88.4 Å². The van der Waals surface area contributed by atoms with Crippen molar-refractivity contribution >= 4 is 5.57 Å². The lowest BCUT2D eigenvalue weighted by molar-refractivity contribution is -0.0884. The molecule has 2 aliphatic rings. The zero-order valence-electron chi connectivity index (χ0n) is 23.8. The second-order valence-corrected chi connectivity index (χ2v) is 10.8. The van der Waals surface area contributed by atoms with Crippen LogP contribution in [0.15, 0.2) is 52.5 Å². The van der Waals surface area contributed by atoms with E-state index in [2.05, 4.69) is 15.2 Å². The van der Waals surface area contributed by atoms with Crippen LogP contribution < -0.4 is 0 Å². The summed E-state index contributed by atoms with van der Waals surface area (Å²) in [6.45, 7) is 4.57. The second-order valence-electron chi connectivity index (χ2n) is 10.8. The van der Waals surface area contributed by atoms with E-state index in [1.54, 1.807) is 17.9 Å². The minimum absolute atomic E-state index is 0.0293. The number of allylic oxidation sites excluding steroid dienone is 6. The first-order chi connectivity index (χ1) is 20.5.